The number of rotatable bonds is 8. The van der Waals surface area contributed by atoms with Crippen molar-refractivity contribution in [3.63, 3.8) is 0 Å². The highest BCUT2D eigenvalue weighted by molar-refractivity contribution is 5.82. The van der Waals surface area contributed by atoms with Crippen molar-refractivity contribution in [2.24, 2.45) is 0 Å². The molecule has 17 heavy (non-hydrogen) atoms. The summed E-state index contributed by atoms with van der Waals surface area (Å²) in [6, 6.07) is 0.0419. The molecular formula is C12H24N2O3. The molecule has 0 saturated heterocycles. The van der Waals surface area contributed by atoms with E-state index in [9.17, 15) is 9.59 Å². The number of carbonyl (C=O) groups excluding carboxylic acids is 1. The lowest BCUT2D eigenvalue weighted by atomic mass is 10.1. The van der Waals surface area contributed by atoms with Crippen LogP contribution in [0, 0.1) is 0 Å². The first-order chi connectivity index (χ1) is 7.92. The van der Waals surface area contributed by atoms with Crippen LogP contribution < -0.4 is 5.32 Å². The van der Waals surface area contributed by atoms with E-state index in [-0.39, 0.29) is 24.5 Å². The SMILES string of the molecule is CCNC(C)CC(=O)N(CC(=O)O)C(C)CC. The molecule has 2 N–H and O–H groups in total. The van der Waals surface area contributed by atoms with Gasteiger partial charge in [0.05, 0.1) is 0 Å². The van der Waals surface area contributed by atoms with Gasteiger partial charge in [0.15, 0.2) is 0 Å². The zero-order valence-corrected chi connectivity index (χ0v) is 11.2. The minimum atomic E-state index is -0.963. The molecule has 0 aromatic rings. The standard InChI is InChI=1S/C12H24N2O3/c1-5-10(4)14(8-12(16)17)11(15)7-9(3)13-6-2/h9-10,13H,5-8H2,1-4H3,(H,16,17). The Morgan fingerprint density at radius 1 is 1.29 bits per heavy atom. The quantitative estimate of drug-likeness (QED) is 0.670. The Morgan fingerprint density at radius 2 is 1.88 bits per heavy atom. The van der Waals surface area contributed by atoms with E-state index in [1.807, 2.05) is 27.7 Å². The molecule has 1 amide bonds. The third-order valence-corrected chi connectivity index (χ3v) is 2.78. The molecule has 100 valence electrons. The Morgan fingerprint density at radius 3 is 2.29 bits per heavy atom. The molecule has 2 atom stereocenters. The first-order valence-electron chi connectivity index (χ1n) is 6.16. The van der Waals surface area contributed by atoms with Crippen molar-refractivity contribution in [3.05, 3.63) is 0 Å². The Labute approximate surface area is 103 Å². The molecule has 5 heteroatoms. The van der Waals surface area contributed by atoms with E-state index in [1.165, 1.54) is 4.90 Å². The number of nitrogens with one attached hydrogen (secondary N) is 1. The van der Waals surface area contributed by atoms with E-state index in [0.717, 1.165) is 13.0 Å². The lowest BCUT2D eigenvalue weighted by Crippen LogP contribution is -2.44. The third kappa shape index (κ3) is 6.26. The van der Waals surface area contributed by atoms with E-state index < -0.39 is 5.97 Å². The largest absolute Gasteiger partial charge is 0.480 e. The summed E-state index contributed by atoms with van der Waals surface area (Å²) in [6.07, 6.45) is 1.10. The van der Waals surface area contributed by atoms with Crippen LogP contribution in [0.25, 0.3) is 0 Å². The number of hydrogen-bond donors (Lipinski definition) is 2. The van der Waals surface area contributed by atoms with Gasteiger partial charge in [-0.25, -0.2) is 0 Å². The number of nitrogens with zero attached hydrogens (tertiary/aromatic N) is 1. The van der Waals surface area contributed by atoms with E-state index in [2.05, 4.69) is 5.32 Å². The molecule has 0 aliphatic heterocycles. The van der Waals surface area contributed by atoms with E-state index in [4.69, 9.17) is 5.11 Å². The summed E-state index contributed by atoms with van der Waals surface area (Å²) in [4.78, 5) is 24.2. The van der Waals surface area contributed by atoms with Crippen LogP contribution in [0.3, 0.4) is 0 Å². The molecule has 0 radical (unpaired) electrons. The van der Waals surface area contributed by atoms with Gasteiger partial charge >= 0.3 is 5.97 Å². The fourth-order valence-electron chi connectivity index (χ4n) is 1.66. The van der Waals surface area contributed by atoms with Gasteiger partial charge in [0.25, 0.3) is 0 Å². The molecule has 0 bridgehead atoms. The number of carbonyl (C=O) groups is 2. The second-order valence-corrected chi connectivity index (χ2v) is 4.34. The van der Waals surface area contributed by atoms with Gasteiger partial charge in [-0.3, -0.25) is 9.59 Å². The van der Waals surface area contributed by atoms with Crippen LogP contribution in [-0.2, 0) is 9.59 Å². The van der Waals surface area contributed by atoms with Gasteiger partial charge in [0.1, 0.15) is 6.54 Å². The van der Waals surface area contributed by atoms with E-state index in [0.29, 0.717) is 6.42 Å². The molecule has 0 aromatic carbocycles. The molecule has 0 aromatic heterocycles. The summed E-state index contributed by atoms with van der Waals surface area (Å²) in [7, 11) is 0. The van der Waals surface area contributed by atoms with Gasteiger partial charge in [0, 0.05) is 18.5 Å². The summed E-state index contributed by atoms with van der Waals surface area (Å²) in [5, 5.41) is 12.0. The Kier molecular flexibility index (Phi) is 7.54. The Balaban J connectivity index is 4.46. The number of hydrogen-bond acceptors (Lipinski definition) is 3. The Bertz CT molecular complexity index is 256. The zero-order chi connectivity index (χ0) is 13.4. The summed E-state index contributed by atoms with van der Waals surface area (Å²) in [6.45, 7) is 8.31. The van der Waals surface area contributed by atoms with Crippen molar-refractivity contribution in [3.8, 4) is 0 Å². The first-order valence-corrected chi connectivity index (χ1v) is 6.16. The predicted octanol–water partition coefficient (Wildman–Crippen LogP) is 1.09. The van der Waals surface area contributed by atoms with Crippen LogP contribution >= 0.6 is 0 Å². The molecule has 0 rings (SSSR count). The van der Waals surface area contributed by atoms with Gasteiger partial charge in [-0.1, -0.05) is 13.8 Å². The minimum absolute atomic E-state index is 0.0348. The van der Waals surface area contributed by atoms with Crippen LogP contribution in [0.2, 0.25) is 0 Å². The van der Waals surface area contributed by atoms with Crippen LogP contribution in [0.4, 0.5) is 0 Å². The summed E-state index contributed by atoms with van der Waals surface area (Å²) in [5.74, 6) is -1.06. The highest BCUT2D eigenvalue weighted by atomic mass is 16.4. The molecular weight excluding hydrogens is 220 g/mol. The maximum Gasteiger partial charge on any atom is 0.323 e. The van der Waals surface area contributed by atoms with Crippen LogP contribution in [-0.4, -0.2) is 47.1 Å². The molecule has 0 spiro atoms. The predicted molar refractivity (Wildman–Crippen MR) is 66.9 cm³/mol. The molecule has 0 heterocycles. The van der Waals surface area contributed by atoms with Crippen molar-refractivity contribution < 1.29 is 14.7 Å². The normalized spacial score (nSPS) is 14.1. The zero-order valence-electron chi connectivity index (χ0n) is 11.2. The minimum Gasteiger partial charge on any atom is -0.480 e. The van der Waals surface area contributed by atoms with E-state index >= 15 is 0 Å². The maximum atomic E-state index is 12.0. The lowest BCUT2D eigenvalue weighted by Gasteiger charge is -2.28. The first kappa shape index (κ1) is 15.9. The van der Waals surface area contributed by atoms with Crippen molar-refractivity contribution in [2.45, 2.75) is 52.6 Å². The highest BCUT2D eigenvalue weighted by Crippen LogP contribution is 2.07. The summed E-state index contributed by atoms with van der Waals surface area (Å²) < 4.78 is 0. The lowest BCUT2D eigenvalue weighted by molar-refractivity contribution is -0.146. The average Bonchev–Trinajstić information content (AvgIpc) is 2.24. The van der Waals surface area contributed by atoms with Gasteiger partial charge in [-0.05, 0) is 26.8 Å². The fraction of sp³-hybridized carbons (Fsp3) is 0.833. The van der Waals surface area contributed by atoms with Crippen molar-refractivity contribution >= 4 is 11.9 Å². The number of carboxylic acids is 1. The smallest absolute Gasteiger partial charge is 0.323 e. The molecule has 0 saturated carbocycles. The van der Waals surface area contributed by atoms with Crippen molar-refractivity contribution in [1.29, 1.82) is 0 Å². The topological polar surface area (TPSA) is 69.6 Å². The number of amides is 1. The summed E-state index contributed by atoms with van der Waals surface area (Å²) in [5.41, 5.74) is 0. The van der Waals surface area contributed by atoms with E-state index in [1.54, 1.807) is 0 Å². The van der Waals surface area contributed by atoms with Gasteiger partial charge in [-0.2, -0.15) is 0 Å². The van der Waals surface area contributed by atoms with Gasteiger partial charge < -0.3 is 15.3 Å². The maximum absolute atomic E-state index is 12.0. The van der Waals surface area contributed by atoms with Gasteiger partial charge in [0.2, 0.25) is 5.91 Å². The number of carboxylic acid groups (broad SMARTS) is 1. The Hall–Kier alpha value is -1.10. The second kappa shape index (κ2) is 8.06. The monoisotopic (exact) mass is 244 g/mol. The van der Waals surface area contributed by atoms with Gasteiger partial charge in [-0.15, -0.1) is 0 Å². The van der Waals surface area contributed by atoms with Crippen LogP contribution in [0.5, 0.6) is 0 Å². The molecule has 0 aliphatic rings. The molecule has 5 nitrogen and oxygen atoms in total. The van der Waals surface area contributed by atoms with Crippen LogP contribution in [0.1, 0.15) is 40.5 Å². The van der Waals surface area contributed by atoms with Crippen LogP contribution in [0.15, 0.2) is 0 Å². The number of aliphatic carboxylic acids is 1. The highest BCUT2D eigenvalue weighted by Gasteiger charge is 2.22. The van der Waals surface area contributed by atoms with Crippen molar-refractivity contribution in [1.82, 2.24) is 10.2 Å². The average molecular weight is 244 g/mol. The van der Waals surface area contributed by atoms with Crippen molar-refractivity contribution in [2.75, 3.05) is 13.1 Å². The fourth-order valence-corrected chi connectivity index (χ4v) is 1.66. The second-order valence-electron chi connectivity index (χ2n) is 4.34. The molecule has 2 unspecified atom stereocenters. The molecule has 0 fully saturated rings. The molecule has 0 aliphatic carbocycles. The summed E-state index contributed by atoms with van der Waals surface area (Å²) >= 11 is 0. The third-order valence-electron chi connectivity index (χ3n) is 2.78.